The van der Waals surface area contributed by atoms with Gasteiger partial charge in [-0.15, -0.1) is 0 Å². The molecule has 7 nitrogen and oxygen atoms in total. The van der Waals surface area contributed by atoms with E-state index < -0.39 is 17.5 Å². The van der Waals surface area contributed by atoms with Gasteiger partial charge in [-0.25, -0.2) is 9.18 Å². The number of hydrogen-bond donors (Lipinski definition) is 1. The van der Waals surface area contributed by atoms with Gasteiger partial charge in [-0.3, -0.25) is 4.79 Å². The molecular weight excluding hydrogens is 305 g/mol. The maximum absolute atomic E-state index is 13.7. The summed E-state index contributed by atoms with van der Waals surface area (Å²) in [7, 11) is 0. The minimum Gasteiger partial charge on any atom is -0.410 e. The van der Waals surface area contributed by atoms with Crippen molar-refractivity contribution in [3.8, 4) is 17.5 Å². The summed E-state index contributed by atoms with van der Waals surface area (Å²) in [5.74, 6) is -1.82. The number of nitrogens with two attached hydrogens (primary N) is 1. The highest BCUT2D eigenvalue weighted by Crippen LogP contribution is 2.20. The molecule has 3 aromatic rings. The molecule has 0 bridgehead atoms. The highest BCUT2D eigenvalue weighted by molar-refractivity contribution is 5.92. The normalized spacial score (nSPS) is 10.5. The number of hydrogen-bond acceptors (Lipinski definition) is 5. The molecular formula is C15H10FN3O4. The van der Waals surface area contributed by atoms with Gasteiger partial charge in [0.2, 0.25) is 5.91 Å². The number of para-hydroxylation sites is 1. The number of ether oxygens (including phenoxy) is 1. The maximum atomic E-state index is 13.7. The molecule has 2 aromatic carbocycles. The van der Waals surface area contributed by atoms with Gasteiger partial charge in [0, 0.05) is 5.56 Å². The number of carbonyl (C=O) groups excluding carboxylic acids is 1. The molecule has 0 radical (unpaired) electrons. The molecule has 1 heterocycles. The molecule has 0 aliphatic carbocycles. The van der Waals surface area contributed by atoms with Crippen LogP contribution >= 0.6 is 0 Å². The summed E-state index contributed by atoms with van der Waals surface area (Å²) >= 11 is 0. The molecule has 1 aromatic heterocycles. The Bertz CT molecular complexity index is 915. The number of amides is 1. The van der Waals surface area contributed by atoms with Crippen molar-refractivity contribution in [3.63, 3.8) is 0 Å². The molecule has 0 spiro atoms. The molecule has 0 fully saturated rings. The lowest BCUT2D eigenvalue weighted by Gasteiger charge is -2.01. The summed E-state index contributed by atoms with van der Waals surface area (Å²) < 4.78 is 24.5. The molecule has 0 saturated heterocycles. The molecule has 23 heavy (non-hydrogen) atoms. The second-order valence-corrected chi connectivity index (χ2v) is 4.49. The van der Waals surface area contributed by atoms with Crippen LogP contribution in [0.1, 0.15) is 10.4 Å². The lowest BCUT2D eigenvalue weighted by atomic mass is 10.2. The van der Waals surface area contributed by atoms with Crippen molar-refractivity contribution in [2.75, 3.05) is 0 Å². The van der Waals surface area contributed by atoms with Crippen LogP contribution in [0.3, 0.4) is 0 Å². The molecule has 2 N–H and O–H groups in total. The topological polar surface area (TPSA) is 100 Å². The molecule has 116 valence electrons. The second kappa shape index (κ2) is 5.76. The Labute approximate surface area is 128 Å². The summed E-state index contributed by atoms with van der Waals surface area (Å²) in [5, 5.41) is 3.78. The predicted molar refractivity (Wildman–Crippen MR) is 77.1 cm³/mol. The Morgan fingerprint density at radius 1 is 1.17 bits per heavy atom. The van der Waals surface area contributed by atoms with E-state index in [2.05, 4.69) is 5.10 Å². The van der Waals surface area contributed by atoms with Gasteiger partial charge in [-0.05, 0) is 36.4 Å². The summed E-state index contributed by atoms with van der Waals surface area (Å²) in [5.41, 5.74) is 5.37. The molecule has 0 atom stereocenters. The van der Waals surface area contributed by atoms with Gasteiger partial charge >= 0.3 is 11.8 Å². The first kappa shape index (κ1) is 14.5. The number of rotatable bonds is 4. The van der Waals surface area contributed by atoms with Crippen molar-refractivity contribution in [2.24, 2.45) is 5.73 Å². The summed E-state index contributed by atoms with van der Waals surface area (Å²) in [6.45, 7) is 0. The first-order chi connectivity index (χ1) is 11.0. The van der Waals surface area contributed by atoms with Crippen LogP contribution < -0.4 is 16.2 Å². The van der Waals surface area contributed by atoms with Gasteiger partial charge in [-0.1, -0.05) is 17.2 Å². The van der Waals surface area contributed by atoms with Crippen molar-refractivity contribution in [3.05, 3.63) is 70.5 Å². The second-order valence-electron chi connectivity index (χ2n) is 4.49. The Balaban J connectivity index is 1.88. The standard InChI is InChI=1S/C15H10FN3O4/c16-11-3-1-2-4-12(11)19-15(21)23-14(18-19)22-10-7-5-9(6-8-10)13(17)20/h1-8H,(H2,17,20). The van der Waals surface area contributed by atoms with Crippen LogP contribution in [0.4, 0.5) is 4.39 Å². The van der Waals surface area contributed by atoms with Crippen LogP contribution in [0.25, 0.3) is 5.69 Å². The predicted octanol–water partition coefficient (Wildman–Crippen LogP) is 1.86. The van der Waals surface area contributed by atoms with Gasteiger partial charge in [0.05, 0.1) is 0 Å². The van der Waals surface area contributed by atoms with Gasteiger partial charge in [0.25, 0.3) is 0 Å². The SMILES string of the molecule is NC(=O)c1ccc(Oc2nn(-c3ccccc3F)c(=O)o2)cc1. The fraction of sp³-hybridized carbons (Fsp3) is 0. The fourth-order valence-electron chi connectivity index (χ4n) is 1.87. The smallest absolute Gasteiger partial charge is 0.410 e. The minimum atomic E-state index is -0.890. The van der Waals surface area contributed by atoms with Gasteiger partial charge in [0.15, 0.2) is 0 Å². The van der Waals surface area contributed by atoms with E-state index >= 15 is 0 Å². The van der Waals surface area contributed by atoms with Crippen LogP contribution in [0.5, 0.6) is 11.8 Å². The van der Waals surface area contributed by atoms with Crippen molar-refractivity contribution in [1.29, 1.82) is 0 Å². The Morgan fingerprint density at radius 2 is 1.87 bits per heavy atom. The van der Waals surface area contributed by atoms with Crippen molar-refractivity contribution in [2.45, 2.75) is 0 Å². The Hall–Kier alpha value is -3.42. The third-order valence-corrected chi connectivity index (χ3v) is 2.95. The van der Waals surface area contributed by atoms with E-state index in [4.69, 9.17) is 14.9 Å². The van der Waals surface area contributed by atoms with E-state index in [0.717, 1.165) is 4.68 Å². The molecule has 3 rings (SSSR count). The molecule has 0 saturated carbocycles. The Morgan fingerprint density at radius 3 is 2.52 bits per heavy atom. The molecule has 0 aliphatic heterocycles. The monoisotopic (exact) mass is 315 g/mol. The lowest BCUT2D eigenvalue weighted by Crippen LogP contribution is -2.14. The molecule has 0 aliphatic rings. The highest BCUT2D eigenvalue weighted by atomic mass is 19.1. The van der Waals surface area contributed by atoms with Crippen molar-refractivity contribution < 1.29 is 18.3 Å². The van der Waals surface area contributed by atoms with Crippen molar-refractivity contribution in [1.82, 2.24) is 9.78 Å². The van der Waals surface area contributed by atoms with Crippen LogP contribution in [0, 0.1) is 5.82 Å². The van der Waals surface area contributed by atoms with Crippen LogP contribution in [0.2, 0.25) is 0 Å². The number of nitrogens with zero attached hydrogens (tertiary/aromatic N) is 2. The van der Waals surface area contributed by atoms with E-state index in [1.807, 2.05) is 0 Å². The number of benzene rings is 2. The zero-order valence-electron chi connectivity index (χ0n) is 11.6. The number of primary amides is 1. The van der Waals surface area contributed by atoms with Crippen LogP contribution in [0.15, 0.2) is 57.7 Å². The first-order valence-corrected chi connectivity index (χ1v) is 6.47. The first-order valence-electron chi connectivity index (χ1n) is 6.47. The average molecular weight is 315 g/mol. The fourth-order valence-corrected chi connectivity index (χ4v) is 1.87. The molecule has 8 heteroatoms. The molecule has 0 unspecified atom stereocenters. The molecule has 1 amide bonds. The zero-order chi connectivity index (χ0) is 16.4. The lowest BCUT2D eigenvalue weighted by molar-refractivity contribution is 0.100. The number of halogens is 1. The third-order valence-electron chi connectivity index (χ3n) is 2.95. The van der Waals surface area contributed by atoms with E-state index in [9.17, 15) is 14.0 Å². The average Bonchev–Trinajstić information content (AvgIpc) is 2.88. The number of aromatic nitrogens is 2. The van der Waals surface area contributed by atoms with E-state index in [1.165, 1.54) is 42.5 Å². The van der Waals surface area contributed by atoms with E-state index in [-0.39, 0.29) is 17.5 Å². The van der Waals surface area contributed by atoms with E-state index in [0.29, 0.717) is 5.56 Å². The van der Waals surface area contributed by atoms with Gasteiger partial charge in [0.1, 0.15) is 17.3 Å². The maximum Gasteiger partial charge on any atom is 0.444 e. The summed E-state index contributed by atoms with van der Waals surface area (Å²) in [6.07, 6.45) is -0.356. The van der Waals surface area contributed by atoms with Crippen LogP contribution in [-0.4, -0.2) is 15.7 Å². The zero-order valence-corrected chi connectivity index (χ0v) is 11.6. The summed E-state index contributed by atoms with van der Waals surface area (Å²) in [4.78, 5) is 22.7. The summed E-state index contributed by atoms with van der Waals surface area (Å²) in [6, 6.07) is 11.4. The Kier molecular flexibility index (Phi) is 3.63. The van der Waals surface area contributed by atoms with Gasteiger partial charge < -0.3 is 14.9 Å². The highest BCUT2D eigenvalue weighted by Gasteiger charge is 2.14. The third kappa shape index (κ3) is 2.95. The number of carbonyl (C=O) groups is 1. The quantitative estimate of drug-likeness (QED) is 0.792. The minimum absolute atomic E-state index is 0.0554. The van der Waals surface area contributed by atoms with E-state index in [1.54, 1.807) is 6.07 Å². The largest absolute Gasteiger partial charge is 0.444 e. The van der Waals surface area contributed by atoms with Crippen LogP contribution in [-0.2, 0) is 0 Å². The van der Waals surface area contributed by atoms with Crippen molar-refractivity contribution >= 4 is 5.91 Å². The van der Waals surface area contributed by atoms with Gasteiger partial charge in [-0.2, -0.15) is 4.68 Å².